The Bertz CT molecular complexity index is 625. The van der Waals surface area contributed by atoms with Crippen LogP contribution in [-0.4, -0.2) is 22.5 Å². The maximum atomic E-state index is 11.9. The number of nitrogens with one attached hydrogen (secondary N) is 1. The fraction of sp³-hybridized carbons (Fsp3) is 0.429. The first kappa shape index (κ1) is 14.3. The maximum absolute atomic E-state index is 11.9. The average molecular weight is 278 g/mol. The van der Waals surface area contributed by atoms with Crippen LogP contribution in [0.3, 0.4) is 0 Å². The molecule has 1 atom stereocenters. The highest BCUT2D eigenvalue weighted by Gasteiger charge is 2.28. The average Bonchev–Trinajstić information content (AvgIpc) is 2.92. The molecule has 0 radical (unpaired) electrons. The first-order chi connectivity index (χ1) is 9.31. The summed E-state index contributed by atoms with van der Waals surface area (Å²) in [5.41, 5.74) is -0.331. The summed E-state index contributed by atoms with van der Waals surface area (Å²) in [5.74, 6) is 1.42. The SMILES string of the molecule is Cc1cc(C(C)(O)CNC(=O)c2ncoc2C)c(C)o1. The number of nitrogens with zero attached hydrogens (tertiary/aromatic N) is 1. The molecule has 0 bridgehead atoms. The molecule has 0 fully saturated rings. The minimum absolute atomic E-state index is 0.0535. The number of rotatable bonds is 4. The number of carbonyl (C=O) groups excluding carboxylic acids is 1. The number of furan rings is 1. The smallest absolute Gasteiger partial charge is 0.273 e. The van der Waals surface area contributed by atoms with E-state index in [0.29, 0.717) is 17.1 Å². The molecule has 2 rings (SSSR count). The number of carbonyl (C=O) groups is 1. The van der Waals surface area contributed by atoms with Crippen molar-refractivity contribution in [1.29, 1.82) is 0 Å². The third-order valence-corrected chi connectivity index (χ3v) is 3.17. The zero-order valence-electron chi connectivity index (χ0n) is 12.0. The van der Waals surface area contributed by atoms with Crippen molar-refractivity contribution >= 4 is 5.91 Å². The Morgan fingerprint density at radius 2 is 2.10 bits per heavy atom. The van der Waals surface area contributed by atoms with Crippen LogP contribution < -0.4 is 5.32 Å². The molecule has 1 unspecified atom stereocenters. The highest BCUT2D eigenvalue weighted by atomic mass is 16.3. The summed E-state index contributed by atoms with van der Waals surface area (Å²) < 4.78 is 10.4. The van der Waals surface area contributed by atoms with E-state index >= 15 is 0 Å². The lowest BCUT2D eigenvalue weighted by Crippen LogP contribution is -2.39. The summed E-state index contributed by atoms with van der Waals surface area (Å²) in [6.07, 6.45) is 1.21. The van der Waals surface area contributed by atoms with Gasteiger partial charge in [0.25, 0.3) is 5.91 Å². The second-order valence-electron chi connectivity index (χ2n) is 5.04. The third kappa shape index (κ3) is 2.75. The summed E-state index contributed by atoms with van der Waals surface area (Å²) in [5, 5.41) is 13.1. The van der Waals surface area contributed by atoms with Gasteiger partial charge in [-0.2, -0.15) is 0 Å². The van der Waals surface area contributed by atoms with Gasteiger partial charge in [0.15, 0.2) is 12.1 Å². The molecule has 2 aromatic rings. The maximum Gasteiger partial charge on any atom is 0.273 e. The number of hydrogen-bond acceptors (Lipinski definition) is 5. The zero-order chi connectivity index (χ0) is 14.9. The summed E-state index contributed by atoms with van der Waals surface area (Å²) >= 11 is 0. The molecule has 2 heterocycles. The Morgan fingerprint density at radius 1 is 1.40 bits per heavy atom. The van der Waals surface area contributed by atoms with Gasteiger partial charge in [0.05, 0.1) is 6.54 Å². The van der Waals surface area contributed by atoms with Crippen LogP contribution >= 0.6 is 0 Å². The lowest BCUT2D eigenvalue weighted by molar-refractivity contribution is 0.0512. The molecule has 0 saturated heterocycles. The van der Waals surface area contributed by atoms with Crippen LogP contribution in [0.25, 0.3) is 0 Å². The zero-order valence-corrected chi connectivity index (χ0v) is 12.0. The number of aromatic nitrogens is 1. The summed E-state index contributed by atoms with van der Waals surface area (Å²) in [4.78, 5) is 15.8. The van der Waals surface area contributed by atoms with Gasteiger partial charge in [-0.25, -0.2) is 4.98 Å². The Labute approximate surface area is 116 Å². The van der Waals surface area contributed by atoms with E-state index in [-0.39, 0.29) is 18.1 Å². The lowest BCUT2D eigenvalue weighted by atomic mass is 9.96. The third-order valence-electron chi connectivity index (χ3n) is 3.17. The number of amides is 1. The van der Waals surface area contributed by atoms with Crippen LogP contribution in [0.4, 0.5) is 0 Å². The second-order valence-corrected chi connectivity index (χ2v) is 5.04. The van der Waals surface area contributed by atoms with Gasteiger partial charge in [-0.05, 0) is 33.8 Å². The molecule has 0 aliphatic carbocycles. The summed E-state index contributed by atoms with van der Waals surface area (Å²) in [6.45, 7) is 6.92. The molecule has 6 nitrogen and oxygen atoms in total. The molecule has 6 heteroatoms. The van der Waals surface area contributed by atoms with Crippen LogP contribution in [0.5, 0.6) is 0 Å². The van der Waals surface area contributed by atoms with Crippen molar-refractivity contribution in [2.24, 2.45) is 0 Å². The van der Waals surface area contributed by atoms with Crippen molar-refractivity contribution in [2.75, 3.05) is 6.54 Å². The van der Waals surface area contributed by atoms with Crippen LogP contribution in [-0.2, 0) is 5.60 Å². The molecule has 2 aromatic heterocycles. The summed E-state index contributed by atoms with van der Waals surface area (Å²) in [7, 11) is 0. The first-order valence-corrected chi connectivity index (χ1v) is 6.29. The van der Waals surface area contributed by atoms with Gasteiger partial charge in [0, 0.05) is 5.56 Å². The number of aliphatic hydroxyl groups is 1. The second kappa shape index (κ2) is 5.13. The molecular weight excluding hydrogens is 260 g/mol. The van der Waals surface area contributed by atoms with E-state index in [0.717, 1.165) is 5.76 Å². The Balaban J connectivity index is 2.08. The van der Waals surface area contributed by atoms with Gasteiger partial charge >= 0.3 is 0 Å². The van der Waals surface area contributed by atoms with Crippen molar-refractivity contribution in [1.82, 2.24) is 10.3 Å². The highest BCUT2D eigenvalue weighted by Crippen LogP contribution is 2.26. The van der Waals surface area contributed by atoms with Gasteiger partial charge < -0.3 is 19.3 Å². The van der Waals surface area contributed by atoms with E-state index in [1.165, 1.54) is 6.39 Å². The first-order valence-electron chi connectivity index (χ1n) is 6.29. The van der Waals surface area contributed by atoms with E-state index in [1.807, 2.05) is 6.92 Å². The van der Waals surface area contributed by atoms with Gasteiger partial charge in [0.2, 0.25) is 0 Å². The molecule has 0 aromatic carbocycles. The van der Waals surface area contributed by atoms with Crippen molar-refractivity contribution in [3.63, 3.8) is 0 Å². The molecule has 20 heavy (non-hydrogen) atoms. The van der Waals surface area contributed by atoms with E-state index in [1.54, 1.807) is 26.8 Å². The molecule has 0 aliphatic heterocycles. The standard InChI is InChI=1S/C14H18N2O4/c1-8-5-11(9(2)20-8)14(4,18)6-15-13(17)12-10(3)19-7-16-12/h5,7,18H,6H2,1-4H3,(H,15,17). The monoisotopic (exact) mass is 278 g/mol. The Hall–Kier alpha value is -2.08. The van der Waals surface area contributed by atoms with Crippen LogP contribution in [0.2, 0.25) is 0 Å². The minimum atomic E-state index is -1.21. The van der Waals surface area contributed by atoms with Gasteiger partial charge in [-0.3, -0.25) is 4.79 Å². The molecule has 108 valence electrons. The molecule has 1 amide bonds. The van der Waals surface area contributed by atoms with E-state index in [4.69, 9.17) is 8.83 Å². The van der Waals surface area contributed by atoms with E-state index < -0.39 is 5.60 Å². The number of oxazole rings is 1. The fourth-order valence-corrected chi connectivity index (χ4v) is 2.12. The molecule has 0 spiro atoms. The van der Waals surface area contributed by atoms with Gasteiger partial charge in [-0.15, -0.1) is 0 Å². The molecule has 0 saturated carbocycles. The summed E-state index contributed by atoms with van der Waals surface area (Å²) in [6, 6.07) is 1.77. The lowest BCUT2D eigenvalue weighted by Gasteiger charge is -2.23. The minimum Gasteiger partial charge on any atom is -0.466 e. The largest absolute Gasteiger partial charge is 0.466 e. The molecule has 2 N–H and O–H groups in total. The van der Waals surface area contributed by atoms with Crippen LogP contribution in [0, 0.1) is 20.8 Å². The predicted octanol–water partition coefficient (Wildman–Crippen LogP) is 1.83. The molecule has 0 aliphatic rings. The van der Waals surface area contributed by atoms with Crippen LogP contribution in [0.1, 0.15) is 40.3 Å². The van der Waals surface area contributed by atoms with E-state index in [9.17, 15) is 9.90 Å². The van der Waals surface area contributed by atoms with Crippen molar-refractivity contribution < 1.29 is 18.7 Å². The number of aryl methyl sites for hydroxylation is 3. The van der Waals surface area contributed by atoms with Crippen molar-refractivity contribution in [2.45, 2.75) is 33.3 Å². The topological polar surface area (TPSA) is 88.5 Å². The Morgan fingerprint density at radius 3 is 2.60 bits per heavy atom. The van der Waals surface area contributed by atoms with E-state index in [2.05, 4.69) is 10.3 Å². The van der Waals surface area contributed by atoms with Gasteiger partial charge in [-0.1, -0.05) is 0 Å². The van der Waals surface area contributed by atoms with Crippen molar-refractivity contribution in [3.8, 4) is 0 Å². The Kier molecular flexibility index (Phi) is 3.67. The fourth-order valence-electron chi connectivity index (χ4n) is 2.12. The quantitative estimate of drug-likeness (QED) is 0.890. The highest BCUT2D eigenvalue weighted by molar-refractivity contribution is 5.93. The molecular formula is C14H18N2O4. The van der Waals surface area contributed by atoms with Gasteiger partial charge in [0.1, 0.15) is 22.9 Å². The normalized spacial score (nSPS) is 14.1. The van der Waals surface area contributed by atoms with Crippen LogP contribution in [0.15, 0.2) is 21.3 Å². The van der Waals surface area contributed by atoms with Crippen molar-refractivity contribution in [3.05, 3.63) is 41.0 Å². The predicted molar refractivity (Wildman–Crippen MR) is 71.3 cm³/mol. The number of hydrogen-bond donors (Lipinski definition) is 2.